The van der Waals surface area contributed by atoms with E-state index in [4.69, 9.17) is 9.84 Å². The van der Waals surface area contributed by atoms with Crippen LogP contribution >= 0.6 is 0 Å². The lowest BCUT2D eigenvalue weighted by atomic mass is 10.3. The maximum atomic E-state index is 11.3. The fraction of sp³-hybridized carbons (Fsp3) is 0.364. The van der Waals surface area contributed by atoms with Gasteiger partial charge in [0.1, 0.15) is 5.75 Å². The van der Waals surface area contributed by atoms with Crippen LogP contribution in [0.15, 0.2) is 24.3 Å². The fourth-order valence-corrected chi connectivity index (χ4v) is 1.09. The van der Waals surface area contributed by atoms with Gasteiger partial charge >= 0.3 is 6.03 Å². The Morgan fingerprint density at radius 1 is 1.44 bits per heavy atom. The molecule has 2 amide bonds. The van der Waals surface area contributed by atoms with Crippen molar-refractivity contribution in [1.29, 1.82) is 0 Å². The number of anilines is 1. The molecular formula is C11H16N2O3. The second-order valence-corrected chi connectivity index (χ2v) is 3.41. The molecule has 0 aliphatic carbocycles. The zero-order chi connectivity index (χ0) is 12.0. The number of carbonyl (C=O) groups is 1. The highest BCUT2D eigenvalue weighted by atomic mass is 16.5. The first-order valence-electron chi connectivity index (χ1n) is 4.99. The molecule has 88 valence electrons. The Morgan fingerprint density at radius 2 is 2.06 bits per heavy atom. The molecule has 0 radical (unpaired) electrons. The van der Waals surface area contributed by atoms with Crippen molar-refractivity contribution in [1.82, 2.24) is 5.32 Å². The molecule has 1 atom stereocenters. The number of nitrogens with one attached hydrogen (secondary N) is 2. The van der Waals surface area contributed by atoms with E-state index in [-0.39, 0.29) is 12.6 Å². The minimum atomic E-state index is -0.554. The first-order chi connectivity index (χ1) is 7.61. The Balaban J connectivity index is 2.43. The molecule has 0 saturated carbocycles. The molecule has 0 aromatic heterocycles. The molecule has 1 aromatic rings. The Hall–Kier alpha value is -1.75. The third-order valence-corrected chi connectivity index (χ3v) is 1.91. The van der Waals surface area contributed by atoms with Gasteiger partial charge in [-0.05, 0) is 31.2 Å². The molecule has 0 aliphatic heterocycles. The predicted octanol–water partition coefficient (Wildman–Crippen LogP) is 1.20. The quantitative estimate of drug-likeness (QED) is 0.719. The first kappa shape index (κ1) is 12.3. The van der Waals surface area contributed by atoms with Crippen LogP contribution in [0.1, 0.15) is 6.92 Å². The van der Waals surface area contributed by atoms with Gasteiger partial charge in [-0.3, -0.25) is 0 Å². The van der Waals surface area contributed by atoms with E-state index in [0.717, 1.165) is 5.75 Å². The highest BCUT2D eigenvalue weighted by Gasteiger charge is 2.02. The Bertz CT molecular complexity index is 336. The summed E-state index contributed by atoms with van der Waals surface area (Å²) < 4.78 is 4.99. The Morgan fingerprint density at radius 3 is 2.56 bits per heavy atom. The number of aliphatic hydroxyl groups is 1. The minimum Gasteiger partial charge on any atom is -0.497 e. The summed E-state index contributed by atoms with van der Waals surface area (Å²) in [4.78, 5) is 11.3. The van der Waals surface area contributed by atoms with E-state index in [0.29, 0.717) is 5.69 Å². The number of hydrogen-bond acceptors (Lipinski definition) is 3. The van der Waals surface area contributed by atoms with E-state index >= 15 is 0 Å². The third kappa shape index (κ3) is 4.18. The summed E-state index contributed by atoms with van der Waals surface area (Å²) in [7, 11) is 1.58. The number of hydrogen-bond donors (Lipinski definition) is 3. The monoisotopic (exact) mass is 224 g/mol. The van der Waals surface area contributed by atoms with Crippen LogP contribution in [0.25, 0.3) is 0 Å². The van der Waals surface area contributed by atoms with Gasteiger partial charge < -0.3 is 20.5 Å². The molecule has 1 aromatic carbocycles. The number of rotatable bonds is 4. The summed E-state index contributed by atoms with van der Waals surface area (Å²) in [5.41, 5.74) is 0.670. The maximum absolute atomic E-state index is 11.3. The smallest absolute Gasteiger partial charge is 0.319 e. The molecule has 16 heavy (non-hydrogen) atoms. The van der Waals surface area contributed by atoms with Crippen LogP contribution in [0.5, 0.6) is 5.75 Å². The van der Waals surface area contributed by atoms with Crippen LogP contribution < -0.4 is 15.4 Å². The van der Waals surface area contributed by atoms with Gasteiger partial charge in [0.2, 0.25) is 0 Å². The predicted molar refractivity (Wildman–Crippen MR) is 61.7 cm³/mol. The van der Waals surface area contributed by atoms with Crippen LogP contribution in [0.3, 0.4) is 0 Å². The second-order valence-electron chi connectivity index (χ2n) is 3.41. The lowest BCUT2D eigenvalue weighted by molar-refractivity contribution is 0.190. The molecule has 0 saturated heterocycles. The topological polar surface area (TPSA) is 70.6 Å². The molecule has 0 heterocycles. The van der Waals surface area contributed by atoms with E-state index < -0.39 is 6.10 Å². The van der Waals surface area contributed by atoms with Crippen LogP contribution in [0.4, 0.5) is 10.5 Å². The van der Waals surface area contributed by atoms with E-state index in [1.165, 1.54) is 0 Å². The van der Waals surface area contributed by atoms with Gasteiger partial charge in [0.25, 0.3) is 0 Å². The average Bonchev–Trinajstić information content (AvgIpc) is 2.27. The van der Waals surface area contributed by atoms with Crippen molar-refractivity contribution in [3.63, 3.8) is 0 Å². The zero-order valence-corrected chi connectivity index (χ0v) is 9.36. The first-order valence-corrected chi connectivity index (χ1v) is 4.99. The van der Waals surface area contributed by atoms with Crippen molar-refractivity contribution >= 4 is 11.7 Å². The maximum Gasteiger partial charge on any atom is 0.319 e. The highest BCUT2D eigenvalue weighted by molar-refractivity contribution is 5.89. The van der Waals surface area contributed by atoms with Crippen molar-refractivity contribution in [3.05, 3.63) is 24.3 Å². The van der Waals surface area contributed by atoms with Crippen LogP contribution in [0, 0.1) is 0 Å². The van der Waals surface area contributed by atoms with Crippen LogP contribution in [-0.4, -0.2) is 30.9 Å². The lowest BCUT2D eigenvalue weighted by Crippen LogP contribution is -2.34. The fourth-order valence-electron chi connectivity index (χ4n) is 1.09. The molecule has 0 fully saturated rings. The van der Waals surface area contributed by atoms with E-state index in [2.05, 4.69) is 10.6 Å². The van der Waals surface area contributed by atoms with Crippen molar-refractivity contribution in [2.45, 2.75) is 13.0 Å². The van der Waals surface area contributed by atoms with Crippen LogP contribution in [-0.2, 0) is 0 Å². The van der Waals surface area contributed by atoms with E-state index in [9.17, 15) is 4.79 Å². The number of urea groups is 1. The minimum absolute atomic E-state index is 0.224. The molecule has 1 rings (SSSR count). The summed E-state index contributed by atoms with van der Waals surface area (Å²) in [5.74, 6) is 0.731. The Labute approximate surface area is 94.4 Å². The molecule has 0 bridgehead atoms. The number of methoxy groups -OCH3 is 1. The summed E-state index contributed by atoms with van der Waals surface area (Å²) >= 11 is 0. The second kappa shape index (κ2) is 5.97. The average molecular weight is 224 g/mol. The number of carbonyl (C=O) groups excluding carboxylic acids is 1. The summed E-state index contributed by atoms with van der Waals surface area (Å²) in [6, 6.07) is 6.64. The largest absolute Gasteiger partial charge is 0.497 e. The number of aliphatic hydroxyl groups excluding tert-OH is 1. The van der Waals surface area contributed by atoms with Gasteiger partial charge in [0.05, 0.1) is 13.2 Å². The summed E-state index contributed by atoms with van der Waals surface area (Å²) in [6.07, 6.45) is -0.554. The molecule has 0 spiro atoms. The SMILES string of the molecule is COc1ccc(NC(=O)NC[C@@H](C)O)cc1. The molecule has 3 N–H and O–H groups in total. The van der Waals surface area contributed by atoms with Crippen molar-refractivity contribution < 1.29 is 14.6 Å². The van der Waals surface area contributed by atoms with Gasteiger partial charge in [-0.25, -0.2) is 4.79 Å². The molecule has 5 heteroatoms. The van der Waals surface area contributed by atoms with Gasteiger partial charge in [-0.1, -0.05) is 0 Å². The highest BCUT2D eigenvalue weighted by Crippen LogP contribution is 2.14. The number of ether oxygens (including phenoxy) is 1. The van der Waals surface area contributed by atoms with Crippen molar-refractivity contribution in [2.75, 3.05) is 19.0 Å². The Kier molecular flexibility index (Phi) is 4.60. The standard InChI is InChI=1S/C11H16N2O3/c1-8(14)7-12-11(15)13-9-3-5-10(16-2)6-4-9/h3-6,8,14H,7H2,1-2H3,(H2,12,13,15)/t8-/m1/s1. The normalized spacial score (nSPS) is 11.7. The van der Waals surface area contributed by atoms with Gasteiger partial charge in [-0.2, -0.15) is 0 Å². The zero-order valence-electron chi connectivity index (χ0n) is 9.36. The molecular weight excluding hydrogens is 208 g/mol. The molecule has 0 unspecified atom stereocenters. The van der Waals surface area contributed by atoms with Gasteiger partial charge in [-0.15, -0.1) is 0 Å². The van der Waals surface area contributed by atoms with Crippen molar-refractivity contribution in [3.8, 4) is 5.75 Å². The van der Waals surface area contributed by atoms with Crippen molar-refractivity contribution in [2.24, 2.45) is 0 Å². The number of amides is 2. The summed E-state index contributed by atoms with van der Waals surface area (Å²) in [6.45, 7) is 1.83. The third-order valence-electron chi connectivity index (χ3n) is 1.91. The van der Waals surface area contributed by atoms with Crippen LogP contribution in [0.2, 0.25) is 0 Å². The molecule has 5 nitrogen and oxygen atoms in total. The van der Waals surface area contributed by atoms with E-state index in [1.807, 2.05) is 0 Å². The molecule has 0 aliphatic rings. The van der Waals surface area contributed by atoms with Gasteiger partial charge in [0.15, 0.2) is 0 Å². The van der Waals surface area contributed by atoms with Gasteiger partial charge in [0, 0.05) is 12.2 Å². The summed E-state index contributed by atoms with van der Waals surface area (Å²) in [5, 5.41) is 14.1. The number of benzene rings is 1. The lowest BCUT2D eigenvalue weighted by Gasteiger charge is -2.09. The van der Waals surface area contributed by atoms with E-state index in [1.54, 1.807) is 38.3 Å².